The van der Waals surface area contributed by atoms with Gasteiger partial charge in [0.2, 0.25) is 11.8 Å². The highest BCUT2D eigenvalue weighted by atomic mass is 19.4. The average Bonchev–Trinajstić information content (AvgIpc) is 3.26. The third-order valence-electron chi connectivity index (χ3n) is 5.75. The van der Waals surface area contributed by atoms with Gasteiger partial charge in [-0.3, -0.25) is 4.79 Å². The van der Waals surface area contributed by atoms with Crippen LogP contribution in [0.1, 0.15) is 45.9 Å². The highest BCUT2D eigenvalue weighted by Crippen LogP contribution is 2.27. The summed E-state index contributed by atoms with van der Waals surface area (Å²) in [6.07, 6.45) is -2.59. The van der Waals surface area contributed by atoms with E-state index >= 15 is 0 Å². The fraction of sp³-hybridized carbons (Fsp3) is 0.320. The Morgan fingerprint density at radius 2 is 1.86 bits per heavy atom. The van der Waals surface area contributed by atoms with E-state index in [4.69, 9.17) is 4.74 Å². The first-order valence-corrected chi connectivity index (χ1v) is 11.3. The number of amides is 1. The van der Waals surface area contributed by atoms with E-state index in [1.807, 2.05) is 38.1 Å². The van der Waals surface area contributed by atoms with Gasteiger partial charge in [-0.15, -0.1) is 5.10 Å². The van der Waals surface area contributed by atoms with Gasteiger partial charge < -0.3 is 10.1 Å². The van der Waals surface area contributed by atoms with Crippen molar-refractivity contribution >= 4 is 11.7 Å². The maximum absolute atomic E-state index is 13.0. The smallest absolute Gasteiger partial charge is 0.439 e. The summed E-state index contributed by atoms with van der Waals surface area (Å²) >= 11 is 0. The molecule has 188 valence electrons. The molecule has 1 aromatic carbocycles. The monoisotopic (exact) mass is 498 g/mol. The largest absolute Gasteiger partial charge is 0.453 e. The van der Waals surface area contributed by atoms with Crippen molar-refractivity contribution < 1.29 is 22.7 Å². The first-order valence-electron chi connectivity index (χ1n) is 11.3. The minimum Gasteiger partial charge on any atom is -0.439 e. The molecule has 11 heteroatoms. The first kappa shape index (κ1) is 25.1. The van der Waals surface area contributed by atoms with Crippen LogP contribution in [0.25, 0.3) is 5.78 Å². The molecule has 0 aliphatic carbocycles. The zero-order valence-electron chi connectivity index (χ0n) is 20.3. The Bertz CT molecular complexity index is 1410. The van der Waals surface area contributed by atoms with E-state index in [2.05, 4.69) is 25.4 Å². The molecule has 8 nitrogen and oxygen atoms in total. The maximum atomic E-state index is 13.0. The van der Waals surface area contributed by atoms with Crippen molar-refractivity contribution in [3.05, 3.63) is 76.0 Å². The molecule has 4 aromatic rings. The fourth-order valence-electron chi connectivity index (χ4n) is 3.72. The molecular weight excluding hydrogens is 473 g/mol. The van der Waals surface area contributed by atoms with Crippen LogP contribution in [0.15, 0.2) is 36.5 Å². The predicted molar refractivity (Wildman–Crippen MR) is 126 cm³/mol. The number of hydrogen-bond donors (Lipinski definition) is 1. The summed E-state index contributed by atoms with van der Waals surface area (Å²) in [5.74, 6) is -0.384. The second kappa shape index (κ2) is 9.92. The molecule has 0 aliphatic rings. The van der Waals surface area contributed by atoms with Crippen molar-refractivity contribution in [1.29, 1.82) is 0 Å². The number of carbonyl (C=O) groups excluding carboxylic acids is 1. The molecule has 0 saturated heterocycles. The molecule has 4 rings (SSSR count). The molecule has 0 bridgehead atoms. The molecule has 36 heavy (non-hydrogen) atoms. The number of nitrogens with zero attached hydrogens (tertiary/aromatic N) is 5. The number of rotatable bonds is 7. The number of halogens is 3. The molecule has 0 saturated carbocycles. The molecule has 0 fully saturated rings. The summed E-state index contributed by atoms with van der Waals surface area (Å²) in [4.78, 5) is 24.3. The molecule has 0 atom stereocenters. The van der Waals surface area contributed by atoms with Crippen molar-refractivity contribution in [2.24, 2.45) is 0 Å². The van der Waals surface area contributed by atoms with E-state index in [-0.39, 0.29) is 24.7 Å². The third kappa shape index (κ3) is 5.61. The SMILES string of the molecule is Cc1ccc(C)c(Oc2ccc(CNC(=O)CCc3c(C)nc4nc(C(F)(F)F)nn4c3C)cn2)c1. The Kier molecular flexibility index (Phi) is 6.91. The van der Waals surface area contributed by atoms with Crippen LogP contribution in [-0.4, -0.2) is 30.5 Å². The van der Waals surface area contributed by atoms with Crippen LogP contribution >= 0.6 is 0 Å². The molecule has 1 amide bonds. The third-order valence-corrected chi connectivity index (χ3v) is 5.75. The summed E-state index contributed by atoms with van der Waals surface area (Å²) in [6.45, 7) is 7.54. The molecule has 0 unspecified atom stereocenters. The minimum atomic E-state index is -4.66. The number of nitrogens with one attached hydrogen (secondary N) is 1. The number of fused-ring (bicyclic) bond motifs is 1. The lowest BCUT2D eigenvalue weighted by Gasteiger charge is -2.11. The number of carbonyl (C=O) groups is 1. The Morgan fingerprint density at radius 3 is 2.56 bits per heavy atom. The summed E-state index contributed by atoms with van der Waals surface area (Å²) in [7, 11) is 0. The summed E-state index contributed by atoms with van der Waals surface area (Å²) in [5.41, 5.74) is 4.53. The van der Waals surface area contributed by atoms with Crippen molar-refractivity contribution in [2.45, 2.75) is 53.3 Å². The Morgan fingerprint density at radius 1 is 1.08 bits per heavy atom. The van der Waals surface area contributed by atoms with Crippen LogP contribution in [0, 0.1) is 27.7 Å². The summed E-state index contributed by atoms with van der Waals surface area (Å²) in [5, 5.41) is 6.36. The van der Waals surface area contributed by atoms with Crippen LogP contribution in [-0.2, 0) is 23.9 Å². The van der Waals surface area contributed by atoms with Gasteiger partial charge in [-0.05, 0) is 62.4 Å². The molecular formula is C25H25F3N6O2. The number of aryl methyl sites for hydroxylation is 4. The number of pyridine rings is 1. The first-order chi connectivity index (χ1) is 17.0. The molecule has 0 radical (unpaired) electrons. The van der Waals surface area contributed by atoms with Gasteiger partial charge in [-0.25, -0.2) is 14.5 Å². The molecule has 1 N–H and O–H groups in total. The van der Waals surface area contributed by atoms with E-state index in [0.717, 1.165) is 27.0 Å². The van der Waals surface area contributed by atoms with Crippen molar-refractivity contribution in [1.82, 2.24) is 29.9 Å². The zero-order valence-corrected chi connectivity index (χ0v) is 20.3. The van der Waals surface area contributed by atoms with Crippen molar-refractivity contribution in [3.8, 4) is 11.6 Å². The molecule has 0 spiro atoms. The number of aromatic nitrogens is 5. The highest BCUT2D eigenvalue weighted by Gasteiger charge is 2.37. The van der Waals surface area contributed by atoms with Gasteiger partial charge in [-0.1, -0.05) is 18.2 Å². The van der Waals surface area contributed by atoms with Gasteiger partial charge in [0.05, 0.1) is 0 Å². The Labute approximate surface area is 205 Å². The minimum absolute atomic E-state index is 0.122. The summed E-state index contributed by atoms with van der Waals surface area (Å²) < 4.78 is 45.8. The van der Waals surface area contributed by atoms with Crippen molar-refractivity contribution in [3.63, 3.8) is 0 Å². The van der Waals surface area contributed by atoms with Gasteiger partial charge >= 0.3 is 6.18 Å². The van der Waals surface area contributed by atoms with Gasteiger partial charge in [0.25, 0.3) is 11.6 Å². The number of benzene rings is 1. The lowest BCUT2D eigenvalue weighted by Crippen LogP contribution is -2.23. The average molecular weight is 499 g/mol. The topological polar surface area (TPSA) is 94.3 Å². The fourth-order valence-corrected chi connectivity index (χ4v) is 3.72. The molecule has 3 aromatic heterocycles. The summed E-state index contributed by atoms with van der Waals surface area (Å²) in [6, 6.07) is 9.50. The highest BCUT2D eigenvalue weighted by molar-refractivity contribution is 5.76. The lowest BCUT2D eigenvalue weighted by molar-refractivity contribution is -0.144. The van der Waals surface area contributed by atoms with Crippen LogP contribution < -0.4 is 10.1 Å². The van der Waals surface area contributed by atoms with Gasteiger partial charge in [0, 0.05) is 36.6 Å². The quantitative estimate of drug-likeness (QED) is 0.393. The van der Waals surface area contributed by atoms with E-state index in [0.29, 0.717) is 29.3 Å². The van der Waals surface area contributed by atoms with Crippen molar-refractivity contribution in [2.75, 3.05) is 0 Å². The van der Waals surface area contributed by atoms with Gasteiger partial charge in [0.1, 0.15) is 5.75 Å². The van der Waals surface area contributed by atoms with E-state index in [1.165, 1.54) is 0 Å². The van der Waals surface area contributed by atoms with E-state index in [9.17, 15) is 18.0 Å². The number of alkyl halides is 3. The molecule has 0 aliphatic heterocycles. The lowest BCUT2D eigenvalue weighted by atomic mass is 10.1. The molecule has 3 heterocycles. The second-order valence-corrected chi connectivity index (χ2v) is 8.56. The standard InChI is InChI=1S/C25H25F3N6O2/c1-14-5-6-15(2)20(11-14)36-22-10-7-18(13-30-22)12-29-21(35)9-8-19-16(3)31-24-32-23(25(26,27)28)33-34(24)17(19)4/h5-7,10-11,13H,8-9,12H2,1-4H3,(H,29,35). The second-order valence-electron chi connectivity index (χ2n) is 8.56. The Balaban J connectivity index is 1.34. The van der Waals surface area contributed by atoms with Crippen LogP contribution in [0.5, 0.6) is 11.6 Å². The Hall–Kier alpha value is -4.02. The van der Waals surface area contributed by atoms with Gasteiger partial charge in [-0.2, -0.15) is 18.2 Å². The number of hydrogen-bond acceptors (Lipinski definition) is 6. The van der Waals surface area contributed by atoms with Crippen LogP contribution in [0.3, 0.4) is 0 Å². The predicted octanol–water partition coefficient (Wildman–Crippen LogP) is 4.81. The zero-order chi connectivity index (χ0) is 26.0. The van der Waals surface area contributed by atoms with E-state index in [1.54, 1.807) is 26.1 Å². The van der Waals surface area contributed by atoms with Crippen LogP contribution in [0.4, 0.5) is 13.2 Å². The normalized spacial score (nSPS) is 11.6. The maximum Gasteiger partial charge on any atom is 0.453 e. The van der Waals surface area contributed by atoms with Gasteiger partial charge in [0.15, 0.2) is 0 Å². The van der Waals surface area contributed by atoms with E-state index < -0.39 is 12.0 Å². The van der Waals surface area contributed by atoms with Crippen LogP contribution in [0.2, 0.25) is 0 Å². The number of ether oxygens (including phenoxy) is 1.